The number of aromatic nitrogens is 10. The number of halogens is 9. The van der Waals surface area contributed by atoms with E-state index in [0.29, 0.717) is 80.2 Å². The molecule has 9 rings (SSSR count). The van der Waals surface area contributed by atoms with Gasteiger partial charge in [0.15, 0.2) is 11.2 Å². The lowest BCUT2D eigenvalue weighted by Crippen LogP contribution is -2.38. The van der Waals surface area contributed by atoms with Crippen LogP contribution in [0.15, 0.2) is 66.9 Å². The minimum absolute atomic E-state index is 0.0229. The fourth-order valence-electron chi connectivity index (χ4n) is 8.69. The van der Waals surface area contributed by atoms with Crippen LogP contribution in [0.4, 0.5) is 32.2 Å². The smallest absolute Gasteiger partial charge is 0.374 e. The van der Waals surface area contributed by atoms with Gasteiger partial charge in [-0.3, -0.25) is 15.1 Å². The number of hydrogen-bond acceptors (Lipinski definition) is 11. The van der Waals surface area contributed by atoms with Gasteiger partial charge in [0, 0.05) is 75.9 Å². The van der Waals surface area contributed by atoms with Crippen LogP contribution in [0.2, 0.25) is 15.2 Å². The Balaban J connectivity index is 0.000000187. The summed E-state index contributed by atoms with van der Waals surface area (Å²) in [5, 5.41) is 42.8. The standard InChI is InChI=1S/C25H24ClF3N6O.C22H18Cl2F3N5O/c1-14-5-7-19(15(2)31-14)25(36,21-13-30-33-34(21)3)16-6-8-20-17(11-16)22(26)18(12-24(27,28)29)23(32-20)35-9-4-10-35;1-10-4-6-16(11(2)28-10)22(33,19-12(3)30-32-31-19)13-5-7-17-14(8-13)18(23)15(20(24)29-17)9-21(25,26)27/h5-8,11,13,36H,4,9-10,12H2,1-3H3;4-8,33H,9H2,1-3H3,(H,30,31,32). The molecule has 0 bridgehead atoms. The molecule has 360 valence electrons. The number of H-pyrrole nitrogens is 1. The molecular formula is C47H42Cl3F6N11O2. The van der Waals surface area contributed by atoms with E-state index in [0.717, 1.165) is 17.8 Å². The first-order valence-electron chi connectivity index (χ1n) is 21.3. The Labute approximate surface area is 405 Å². The molecule has 6 aromatic heterocycles. The van der Waals surface area contributed by atoms with Gasteiger partial charge in [-0.25, -0.2) is 14.6 Å². The Morgan fingerprint density at radius 1 is 0.652 bits per heavy atom. The predicted octanol–water partition coefficient (Wildman–Crippen LogP) is 10.00. The summed E-state index contributed by atoms with van der Waals surface area (Å²) >= 11 is 19.0. The lowest BCUT2D eigenvalue weighted by molar-refractivity contribution is -0.128. The van der Waals surface area contributed by atoms with E-state index in [1.807, 2.05) is 13.8 Å². The Hall–Kier alpha value is -5.99. The van der Waals surface area contributed by atoms with Crippen molar-refractivity contribution in [2.45, 2.75) is 77.4 Å². The van der Waals surface area contributed by atoms with Gasteiger partial charge in [0.25, 0.3) is 0 Å². The van der Waals surface area contributed by atoms with Gasteiger partial charge in [-0.15, -0.1) is 10.2 Å². The molecule has 0 aliphatic carbocycles. The molecule has 0 saturated carbocycles. The van der Waals surface area contributed by atoms with Crippen molar-refractivity contribution in [3.8, 4) is 0 Å². The summed E-state index contributed by atoms with van der Waals surface area (Å²) in [5.41, 5.74) is 2.25. The molecule has 7 heterocycles. The molecule has 2 aromatic carbocycles. The molecule has 3 N–H and O–H groups in total. The van der Waals surface area contributed by atoms with Gasteiger partial charge in [-0.05, 0) is 88.6 Å². The largest absolute Gasteiger partial charge is 0.393 e. The molecule has 1 fully saturated rings. The van der Waals surface area contributed by atoms with E-state index in [9.17, 15) is 36.6 Å². The molecule has 1 saturated heterocycles. The van der Waals surface area contributed by atoms with Crippen LogP contribution in [0.1, 0.15) is 79.7 Å². The summed E-state index contributed by atoms with van der Waals surface area (Å²) in [4.78, 5) is 19.4. The highest BCUT2D eigenvalue weighted by Crippen LogP contribution is 2.44. The van der Waals surface area contributed by atoms with Gasteiger partial charge in [0.1, 0.15) is 11.0 Å². The van der Waals surface area contributed by atoms with Crippen LogP contribution < -0.4 is 4.90 Å². The number of benzene rings is 2. The number of rotatable bonds is 9. The Morgan fingerprint density at radius 3 is 1.65 bits per heavy atom. The van der Waals surface area contributed by atoms with Crippen molar-refractivity contribution in [3.63, 3.8) is 0 Å². The van der Waals surface area contributed by atoms with Crippen LogP contribution >= 0.6 is 34.8 Å². The van der Waals surface area contributed by atoms with Crippen molar-refractivity contribution in [3.05, 3.63) is 155 Å². The first-order chi connectivity index (χ1) is 32.4. The first-order valence-corrected chi connectivity index (χ1v) is 22.4. The molecule has 0 spiro atoms. The minimum atomic E-state index is -4.52. The van der Waals surface area contributed by atoms with Crippen LogP contribution in [0.25, 0.3) is 21.8 Å². The van der Waals surface area contributed by atoms with Crippen LogP contribution in [-0.4, -0.2) is 86.0 Å². The van der Waals surface area contributed by atoms with Crippen LogP contribution in [0.5, 0.6) is 0 Å². The molecule has 1 aliphatic heterocycles. The van der Waals surface area contributed by atoms with E-state index >= 15 is 0 Å². The average molecular weight is 1010 g/mol. The molecular weight excluding hydrogens is 971 g/mol. The molecule has 22 heteroatoms. The molecule has 0 amide bonds. The van der Waals surface area contributed by atoms with E-state index in [-0.39, 0.29) is 37.5 Å². The molecule has 8 aromatic rings. The fraction of sp³-hybridized carbons (Fsp3) is 0.319. The van der Waals surface area contributed by atoms with E-state index in [2.05, 4.69) is 45.7 Å². The second-order valence-corrected chi connectivity index (χ2v) is 18.0. The number of aryl methyl sites for hydroxylation is 6. The maximum atomic E-state index is 13.5. The Bertz CT molecular complexity index is 3270. The second kappa shape index (κ2) is 18.4. The number of hydrogen-bond donors (Lipinski definition) is 3. The topological polar surface area (TPSA) is 168 Å². The van der Waals surface area contributed by atoms with Gasteiger partial charge in [0.05, 0.1) is 57.2 Å². The van der Waals surface area contributed by atoms with Crippen LogP contribution in [-0.2, 0) is 31.1 Å². The van der Waals surface area contributed by atoms with Crippen LogP contribution in [0.3, 0.4) is 0 Å². The van der Waals surface area contributed by atoms with Crippen molar-refractivity contribution in [2.24, 2.45) is 7.05 Å². The molecule has 0 radical (unpaired) electrons. The second-order valence-electron chi connectivity index (χ2n) is 16.9. The summed E-state index contributed by atoms with van der Waals surface area (Å²) in [6.07, 6.45) is -9.16. The summed E-state index contributed by atoms with van der Waals surface area (Å²) in [7, 11) is 1.65. The summed E-state index contributed by atoms with van der Waals surface area (Å²) in [5.74, 6) is 0.258. The summed E-state index contributed by atoms with van der Waals surface area (Å²) < 4.78 is 81.3. The number of nitrogens with one attached hydrogen (secondary N) is 1. The lowest BCUT2D eigenvalue weighted by atomic mass is 9.81. The third-order valence-electron chi connectivity index (χ3n) is 12.1. The van der Waals surface area contributed by atoms with Crippen molar-refractivity contribution in [1.82, 2.24) is 50.3 Å². The van der Waals surface area contributed by atoms with E-state index in [1.165, 1.54) is 16.9 Å². The van der Waals surface area contributed by atoms with Gasteiger partial charge in [-0.2, -0.15) is 26.3 Å². The van der Waals surface area contributed by atoms with E-state index in [4.69, 9.17) is 34.8 Å². The molecule has 1 aliphatic rings. The van der Waals surface area contributed by atoms with Gasteiger partial charge in [-0.1, -0.05) is 69.5 Å². The maximum Gasteiger partial charge on any atom is 0.393 e. The zero-order valence-corrected chi connectivity index (χ0v) is 39.9. The Morgan fingerprint density at radius 2 is 1.17 bits per heavy atom. The summed E-state index contributed by atoms with van der Waals surface area (Å²) in [6, 6.07) is 16.7. The van der Waals surface area contributed by atoms with Crippen LogP contribution in [0, 0.1) is 34.6 Å². The van der Waals surface area contributed by atoms with Gasteiger partial charge in [0.2, 0.25) is 0 Å². The van der Waals surface area contributed by atoms with Crippen molar-refractivity contribution in [2.75, 3.05) is 18.0 Å². The zero-order valence-electron chi connectivity index (χ0n) is 37.7. The molecule has 2 atom stereocenters. The summed E-state index contributed by atoms with van der Waals surface area (Å²) in [6.45, 7) is 10.1. The number of alkyl halides is 6. The number of pyridine rings is 4. The minimum Gasteiger partial charge on any atom is -0.374 e. The molecule has 13 nitrogen and oxygen atoms in total. The predicted molar refractivity (Wildman–Crippen MR) is 249 cm³/mol. The first kappa shape index (κ1) is 49.4. The SMILES string of the molecule is Cc1ccc(C(O)(c2ccc3nc(Cl)c(CC(F)(F)F)c(Cl)c3c2)c2[nH]nnc2C)c(C)n1.Cc1ccc(C(O)(c2ccc3nc(N4CCC4)c(CC(F)(F)F)c(Cl)c3c2)c2cnnn2C)c(C)n1. The third-order valence-corrected chi connectivity index (χ3v) is 13.3. The maximum absolute atomic E-state index is 13.5. The highest BCUT2D eigenvalue weighted by molar-refractivity contribution is 6.39. The van der Waals surface area contributed by atoms with E-state index in [1.54, 1.807) is 87.3 Å². The number of anilines is 1. The van der Waals surface area contributed by atoms with Crippen molar-refractivity contribution in [1.29, 1.82) is 0 Å². The highest BCUT2D eigenvalue weighted by Gasteiger charge is 2.42. The number of nitrogens with zero attached hydrogens (tertiary/aromatic N) is 10. The highest BCUT2D eigenvalue weighted by atomic mass is 35.5. The zero-order chi connectivity index (χ0) is 50.0. The number of aliphatic hydroxyl groups is 2. The van der Waals surface area contributed by atoms with Crippen molar-refractivity contribution >= 4 is 62.4 Å². The average Bonchev–Trinajstić information content (AvgIpc) is 3.90. The Kier molecular flexibility index (Phi) is 13.2. The fourth-order valence-corrected chi connectivity index (χ4v) is 9.60. The monoisotopic (exact) mass is 1010 g/mol. The number of fused-ring (bicyclic) bond motifs is 2. The molecule has 2 unspecified atom stereocenters. The third kappa shape index (κ3) is 9.41. The van der Waals surface area contributed by atoms with Gasteiger partial charge >= 0.3 is 12.4 Å². The number of aromatic amines is 1. The quantitative estimate of drug-likeness (QED) is 0.0930. The normalized spacial score (nSPS) is 14.9. The molecule has 69 heavy (non-hydrogen) atoms. The van der Waals surface area contributed by atoms with E-state index < -0.39 is 36.4 Å². The lowest BCUT2D eigenvalue weighted by Gasteiger charge is -2.34. The van der Waals surface area contributed by atoms with Gasteiger partial charge < -0.3 is 15.1 Å². The van der Waals surface area contributed by atoms with Crippen molar-refractivity contribution < 1.29 is 36.6 Å².